The van der Waals surface area contributed by atoms with Gasteiger partial charge in [-0.25, -0.2) is 4.79 Å². The van der Waals surface area contributed by atoms with Crippen LogP contribution >= 0.6 is 0 Å². The van der Waals surface area contributed by atoms with Crippen molar-refractivity contribution in [3.8, 4) is 0 Å². The van der Waals surface area contributed by atoms with Crippen molar-refractivity contribution in [3.63, 3.8) is 0 Å². The first-order valence-corrected chi connectivity index (χ1v) is 7.11. The van der Waals surface area contributed by atoms with Gasteiger partial charge in [0, 0.05) is 24.9 Å². The number of carbonyl (C=O) groups is 3. The second kappa shape index (κ2) is 6.37. The lowest BCUT2D eigenvalue weighted by Gasteiger charge is -2.27. The third kappa shape index (κ3) is 4.94. The van der Waals surface area contributed by atoms with Crippen LogP contribution in [-0.2, 0) is 14.3 Å². The largest absolute Gasteiger partial charge is 0.444 e. The second-order valence-corrected chi connectivity index (χ2v) is 6.68. The van der Waals surface area contributed by atoms with Gasteiger partial charge in [-0.2, -0.15) is 0 Å². The Morgan fingerprint density at radius 1 is 1.25 bits per heavy atom. The summed E-state index contributed by atoms with van der Waals surface area (Å²) in [6, 6.07) is 0. The number of Topliss-reactive ketones (excluding diaryl/α,β-unsaturated/α-hetero) is 1. The molecule has 1 unspecified atom stereocenters. The van der Waals surface area contributed by atoms with Crippen molar-refractivity contribution >= 4 is 18.2 Å². The third-order valence-electron chi connectivity index (χ3n) is 3.49. The molecule has 5 nitrogen and oxygen atoms in total. The number of ether oxygens (including phenoxy) is 1. The Balaban J connectivity index is 2.69. The summed E-state index contributed by atoms with van der Waals surface area (Å²) in [6.07, 6.45) is 2.70. The van der Waals surface area contributed by atoms with Crippen molar-refractivity contribution in [2.75, 3.05) is 13.1 Å². The van der Waals surface area contributed by atoms with Gasteiger partial charge in [0.15, 0.2) is 0 Å². The van der Waals surface area contributed by atoms with Crippen LogP contribution in [0.2, 0.25) is 0 Å². The number of carbonyl (C=O) groups excluding carboxylic acids is 3. The first-order valence-electron chi connectivity index (χ1n) is 7.11. The van der Waals surface area contributed by atoms with Crippen molar-refractivity contribution < 1.29 is 19.1 Å². The summed E-state index contributed by atoms with van der Waals surface area (Å²) in [4.78, 5) is 36.4. The van der Waals surface area contributed by atoms with Gasteiger partial charge in [-0.15, -0.1) is 0 Å². The van der Waals surface area contributed by atoms with Crippen LogP contribution in [0, 0.1) is 5.41 Å². The highest BCUT2D eigenvalue weighted by atomic mass is 16.6. The Hall–Kier alpha value is -1.39. The fourth-order valence-electron chi connectivity index (χ4n) is 2.56. The first kappa shape index (κ1) is 16.7. The number of rotatable bonds is 3. The molecule has 5 heteroatoms. The van der Waals surface area contributed by atoms with Crippen LogP contribution in [-0.4, -0.2) is 41.8 Å². The topological polar surface area (TPSA) is 63.7 Å². The van der Waals surface area contributed by atoms with Crippen molar-refractivity contribution in [1.29, 1.82) is 0 Å². The second-order valence-electron chi connectivity index (χ2n) is 6.68. The van der Waals surface area contributed by atoms with Crippen LogP contribution in [0.5, 0.6) is 0 Å². The molecule has 0 aliphatic carbocycles. The highest BCUT2D eigenvalue weighted by molar-refractivity contribution is 5.80. The van der Waals surface area contributed by atoms with Crippen molar-refractivity contribution in [1.82, 2.24) is 4.90 Å². The van der Waals surface area contributed by atoms with E-state index in [-0.39, 0.29) is 18.3 Å². The zero-order chi connectivity index (χ0) is 15.4. The molecule has 0 radical (unpaired) electrons. The summed E-state index contributed by atoms with van der Waals surface area (Å²) < 4.78 is 5.35. The Labute approximate surface area is 120 Å². The zero-order valence-electron chi connectivity index (χ0n) is 12.9. The molecule has 0 saturated carbocycles. The minimum Gasteiger partial charge on any atom is -0.444 e. The smallest absolute Gasteiger partial charge is 0.410 e. The van der Waals surface area contributed by atoms with E-state index in [1.807, 2.05) is 20.8 Å². The van der Waals surface area contributed by atoms with Gasteiger partial charge >= 0.3 is 6.09 Å². The predicted molar refractivity (Wildman–Crippen MR) is 75.5 cm³/mol. The van der Waals surface area contributed by atoms with Crippen LogP contribution in [0.3, 0.4) is 0 Å². The molecule has 114 valence electrons. The molecular formula is C15H25NO4. The molecule has 1 aliphatic rings. The minimum atomic E-state index is -0.609. The molecule has 0 aromatic rings. The lowest BCUT2D eigenvalue weighted by molar-refractivity contribution is -0.126. The SMILES string of the molecule is CC(=O)CC1(C=O)CCCN(C(=O)OC(C)(C)C)CC1. The van der Waals surface area contributed by atoms with E-state index in [1.165, 1.54) is 6.92 Å². The summed E-state index contributed by atoms with van der Waals surface area (Å²) in [7, 11) is 0. The monoisotopic (exact) mass is 283 g/mol. The molecule has 1 aliphatic heterocycles. The molecule has 0 aromatic heterocycles. The molecular weight excluding hydrogens is 258 g/mol. The number of ketones is 1. The van der Waals surface area contributed by atoms with Crippen LogP contribution in [0.4, 0.5) is 4.79 Å². The number of nitrogens with zero attached hydrogens (tertiary/aromatic N) is 1. The normalized spacial score (nSPS) is 23.9. The van der Waals surface area contributed by atoms with E-state index >= 15 is 0 Å². The van der Waals surface area contributed by atoms with E-state index in [0.717, 1.165) is 6.29 Å². The number of hydrogen-bond donors (Lipinski definition) is 0. The quantitative estimate of drug-likeness (QED) is 0.747. The van der Waals surface area contributed by atoms with Gasteiger partial charge in [0.25, 0.3) is 0 Å². The van der Waals surface area contributed by atoms with Crippen LogP contribution in [0.25, 0.3) is 0 Å². The maximum absolute atomic E-state index is 12.0. The number of amides is 1. The summed E-state index contributed by atoms with van der Waals surface area (Å²) in [5, 5.41) is 0. The summed E-state index contributed by atoms with van der Waals surface area (Å²) in [5.41, 5.74) is -1.13. The molecule has 1 atom stereocenters. The van der Waals surface area contributed by atoms with Crippen molar-refractivity contribution in [3.05, 3.63) is 0 Å². The molecule has 1 amide bonds. The number of hydrogen-bond acceptors (Lipinski definition) is 4. The van der Waals surface area contributed by atoms with E-state index in [4.69, 9.17) is 4.74 Å². The van der Waals surface area contributed by atoms with E-state index < -0.39 is 11.0 Å². The van der Waals surface area contributed by atoms with E-state index in [0.29, 0.717) is 32.4 Å². The van der Waals surface area contributed by atoms with Crippen LogP contribution in [0.15, 0.2) is 0 Å². The van der Waals surface area contributed by atoms with E-state index in [1.54, 1.807) is 4.90 Å². The third-order valence-corrected chi connectivity index (χ3v) is 3.49. The fraction of sp³-hybridized carbons (Fsp3) is 0.800. The van der Waals surface area contributed by atoms with Crippen LogP contribution in [0.1, 0.15) is 53.4 Å². The summed E-state index contributed by atoms with van der Waals surface area (Å²) in [5.74, 6) is 0.0165. The molecule has 1 fully saturated rings. The molecule has 0 aromatic carbocycles. The van der Waals surface area contributed by atoms with Gasteiger partial charge in [-0.3, -0.25) is 4.79 Å². The lowest BCUT2D eigenvalue weighted by atomic mass is 9.78. The minimum absolute atomic E-state index is 0.0165. The van der Waals surface area contributed by atoms with E-state index in [2.05, 4.69) is 0 Å². The number of likely N-dealkylation sites (tertiary alicyclic amines) is 1. The summed E-state index contributed by atoms with van der Waals surface area (Å²) >= 11 is 0. The molecule has 20 heavy (non-hydrogen) atoms. The van der Waals surface area contributed by atoms with Gasteiger partial charge < -0.3 is 14.4 Å². The Morgan fingerprint density at radius 3 is 2.40 bits per heavy atom. The van der Waals surface area contributed by atoms with Gasteiger partial charge in [0.05, 0.1) is 0 Å². The van der Waals surface area contributed by atoms with Crippen molar-refractivity contribution in [2.24, 2.45) is 5.41 Å². The standard InChI is InChI=1S/C15H25NO4/c1-12(18)10-15(11-17)6-5-8-16(9-7-15)13(19)20-14(2,3)4/h11H,5-10H2,1-4H3. The average Bonchev–Trinajstić information content (AvgIpc) is 2.49. The fourth-order valence-corrected chi connectivity index (χ4v) is 2.56. The number of aldehydes is 1. The molecule has 1 saturated heterocycles. The lowest BCUT2D eigenvalue weighted by Crippen LogP contribution is -2.38. The highest BCUT2D eigenvalue weighted by Gasteiger charge is 2.35. The van der Waals surface area contributed by atoms with Gasteiger partial charge in [-0.1, -0.05) is 0 Å². The maximum Gasteiger partial charge on any atom is 0.410 e. The average molecular weight is 283 g/mol. The Kier molecular flexibility index (Phi) is 5.31. The van der Waals surface area contributed by atoms with Gasteiger partial charge in [0.1, 0.15) is 17.7 Å². The maximum atomic E-state index is 12.0. The van der Waals surface area contributed by atoms with Crippen molar-refractivity contribution in [2.45, 2.75) is 59.0 Å². The highest BCUT2D eigenvalue weighted by Crippen LogP contribution is 2.33. The summed E-state index contributed by atoms with van der Waals surface area (Å²) in [6.45, 7) is 8.02. The van der Waals surface area contributed by atoms with Gasteiger partial charge in [-0.05, 0) is 47.0 Å². The van der Waals surface area contributed by atoms with E-state index in [9.17, 15) is 14.4 Å². The molecule has 0 N–H and O–H groups in total. The zero-order valence-corrected chi connectivity index (χ0v) is 12.9. The van der Waals surface area contributed by atoms with Crippen LogP contribution < -0.4 is 0 Å². The van der Waals surface area contributed by atoms with Gasteiger partial charge in [0.2, 0.25) is 0 Å². The molecule has 1 rings (SSSR count). The Bertz CT molecular complexity index is 386. The predicted octanol–water partition coefficient (Wildman–Crippen LogP) is 2.57. The molecule has 0 bridgehead atoms. The molecule has 1 heterocycles. The Morgan fingerprint density at radius 2 is 1.90 bits per heavy atom. The molecule has 0 spiro atoms. The first-order chi connectivity index (χ1) is 9.17.